The molecule has 2 aromatic carbocycles. The van der Waals surface area contributed by atoms with Crippen LogP contribution in [0.25, 0.3) is 33.8 Å². The molecule has 4 aromatic rings. The molecular formula is C19H17N5O2. The van der Waals surface area contributed by atoms with Crippen LogP contribution in [0.2, 0.25) is 0 Å². The minimum atomic E-state index is -0.221. The second kappa shape index (κ2) is 6.45. The number of benzene rings is 2. The molecule has 4 rings (SSSR count). The lowest BCUT2D eigenvalue weighted by Crippen LogP contribution is -2.25. The molecule has 0 aliphatic rings. The Morgan fingerprint density at radius 1 is 1.12 bits per heavy atom. The Morgan fingerprint density at radius 3 is 2.58 bits per heavy atom. The number of nitrogens with one attached hydrogen (secondary N) is 2. The smallest absolute Gasteiger partial charge is 0.277 e. The lowest BCUT2D eigenvalue weighted by atomic mass is 10.1. The van der Waals surface area contributed by atoms with Crippen molar-refractivity contribution in [3.8, 4) is 22.8 Å². The monoisotopic (exact) mass is 347 g/mol. The number of aromatic amines is 2. The highest BCUT2D eigenvalue weighted by Gasteiger charge is 2.15. The molecule has 0 atom stereocenters. The topological polar surface area (TPSA) is 86.9 Å². The summed E-state index contributed by atoms with van der Waals surface area (Å²) in [6, 6.07) is 13.2. The molecular weight excluding hydrogens is 330 g/mol. The molecule has 1 amide bonds. The normalized spacial score (nSPS) is 11.0. The van der Waals surface area contributed by atoms with E-state index in [1.54, 1.807) is 31.6 Å². The number of amides is 1. The van der Waals surface area contributed by atoms with E-state index in [0.29, 0.717) is 5.56 Å². The zero-order chi connectivity index (χ0) is 18.1. The summed E-state index contributed by atoms with van der Waals surface area (Å²) in [7, 11) is 3.03. The Labute approximate surface area is 149 Å². The molecule has 2 aromatic heterocycles. The molecule has 0 radical (unpaired) electrons. The summed E-state index contributed by atoms with van der Waals surface area (Å²) in [5, 5.41) is 1.19. The van der Waals surface area contributed by atoms with Crippen LogP contribution in [0.3, 0.4) is 0 Å². The van der Waals surface area contributed by atoms with Gasteiger partial charge in [0.2, 0.25) is 0 Å². The highest BCUT2D eigenvalue weighted by Crippen LogP contribution is 2.29. The van der Waals surface area contributed by atoms with Crippen LogP contribution in [0, 0.1) is 0 Å². The van der Waals surface area contributed by atoms with Crippen LogP contribution >= 0.6 is 0 Å². The van der Waals surface area contributed by atoms with Gasteiger partial charge in [-0.15, -0.1) is 0 Å². The van der Waals surface area contributed by atoms with E-state index >= 15 is 0 Å². The summed E-state index contributed by atoms with van der Waals surface area (Å²) >= 11 is 0. The van der Waals surface area contributed by atoms with Gasteiger partial charge in [-0.3, -0.25) is 9.63 Å². The molecule has 2 N–H and O–H groups in total. The van der Waals surface area contributed by atoms with Gasteiger partial charge in [-0.2, -0.15) is 0 Å². The average Bonchev–Trinajstić information content (AvgIpc) is 3.35. The molecule has 130 valence electrons. The maximum atomic E-state index is 12.3. The first kappa shape index (κ1) is 16.0. The minimum absolute atomic E-state index is 0.221. The van der Waals surface area contributed by atoms with Crippen molar-refractivity contribution in [1.82, 2.24) is 25.0 Å². The van der Waals surface area contributed by atoms with Crippen LogP contribution < -0.4 is 0 Å². The molecule has 0 aliphatic carbocycles. The third-order valence-electron chi connectivity index (χ3n) is 4.22. The number of carbonyl (C=O) groups excluding carboxylic acids is 1. The lowest BCUT2D eigenvalue weighted by Gasteiger charge is -2.13. The summed E-state index contributed by atoms with van der Waals surface area (Å²) in [6.45, 7) is 0. The van der Waals surface area contributed by atoms with Gasteiger partial charge in [-0.05, 0) is 18.2 Å². The maximum absolute atomic E-state index is 12.3. The van der Waals surface area contributed by atoms with E-state index < -0.39 is 0 Å². The minimum Gasteiger partial charge on any atom is -0.345 e. The number of hydrogen-bond acceptors (Lipinski definition) is 4. The zero-order valence-corrected chi connectivity index (χ0v) is 14.4. The number of nitrogens with zero attached hydrogens (tertiary/aromatic N) is 3. The predicted molar refractivity (Wildman–Crippen MR) is 98.2 cm³/mol. The number of aromatic nitrogens is 4. The van der Waals surface area contributed by atoms with Gasteiger partial charge in [-0.1, -0.05) is 24.3 Å². The number of rotatable bonds is 4. The van der Waals surface area contributed by atoms with Crippen molar-refractivity contribution in [2.75, 3.05) is 14.2 Å². The quantitative estimate of drug-likeness (QED) is 0.555. The summed E-state index contributed by atoms with van der Waals surface area (Å²) in [4.78, 5) is 32.6. The molecule has 0 saturated heterocycles. The Hall–Kier alpha value is -3.45. The van der Waals surface area contributed by atoms with Gasteiger partial charge in [-0.25, -0.2) is 15.0 Å². The third-order valence-corrected chi connectivity index (χ3v) is 4.22. The maximum Gasteiger partial charge on any atom is 0.277 e. The van der Waals surface area contributed by atoms with E-state index in [-0.39, 0.29) is 5.91 Å². The fraction of sp³-hybridized carbons (Fsp3) is 0.105. The predicted octanol–water partition coefficient (Wildman–Crippen LogP) is 3.25. The van der Waals surface area contributed by atoms with Gasteiger partial charge in [0, 0.05) is 36.1 Å². The Kier molecular flexibility index (Phi) is 3.98. The standard InChI is InChI=1S/C19H17N5O2/c1-24(26-2)19(25)12-7-8-15-16(11-12)23-18(22-15)14-6-4-3-5-13(14)17-20-9-10-21-17/h3-11H,1-2H3,(H,20,21)(H,22,23). The van der Waals surface area contributed by atoms with Crippen LogP contribution in [0.4, 0.5) is 0 Å². The number of imidazole rings is 2. The fourth-order valence-electron chi connectivity index (χ4n) is 2.84. The van der Waals surface area contributed by atoms with E-state index in [9.17, 15) is 4.79 Å². The molecule has 7 nitrogen and oxygen atoms in total. The molecule has 0 fully saturated rings. The summed E-state index contributed by atoms with van der Waals surface area (Å²) < 4.78 is 0. The number of hydroxylamine groups is 2. The Balaban J connectivity index is 1.79. The molecule has 0 spiro atoms. The largest absolute Gasteiger partial charge is 0.345 e. The van der Waals surface area contributed by atoms with Crippen molar-refractivity contribution in [3.63, 3.8) is 0 Å². The van der Waals surface area contributed by atoms with Crippen LogP contribution in [-0.2, 0) is 4.84 Å². The summed E-state index contributed by atoms with van der Waals surface area (Å²) in [6.07, 6.45) is 3.50. The SMILES string of the molecule is CON(C)C(=O)c1ccc2nc(-c3ccccc3-c3ncc[nH]3)[nH]c2c1. The molecule has 0 unspecified atom stereocenters. The van der Waals surface area contributed by atoms with Crippen molar-refractivity contribution in [1.29, 1.82) is 0 Å². The van der Waals surface area contributed by atoms with Gasteiger partial charge in [0.05, 0.1) is 18.1 Å². The van der Waals surface area contributed by atoms with Crippen molar-refractivity contribution >= 4 is 16.9 Å². The third kappa shape index (κ3) is 2.74. The van der Waals surface area contributed by atoms with E-state index in [2.05, 4.69) is 19.9 Å². The van der Waals surface area contributed by atoms with Gasteiger partial charge in [0.25, 0.3) is 5.91 Å². The Morgan fingerprint density at radius 2 is 1.88 bits per heavy atom. The lowest BCUT2D eigenvalue weighted by molar-refractivity contribution is -0.0756. The molecule has 7 heteroatoms. The molecule has 0 aliphatic heterocycles. The molecule has 26 heavy (non-hydrogen) atoms. The number of hydrogen-bond donors (Lipinski definition) is 2. The highest BCUT2D eigenvalue weighted by atomic mass is 16.7. The number of carbonyl (C=O) groups is 1. The second-order valence-electron chi connectivity index (χ2n) is 5.79. The zero-order valence-electron chi connectivity index (χ0n) is 14.4. The van der Waals surface area contributed by atoms with Crippen molar-refractivity contribution < 1.29 is 9.63 Å². The van der Waals surface area contributed by atoms with E-state index in [4.69, 9.17) is 4.84 Å². The first-order chi connectivity index (χ1) is 12.7. The Bertz CT molecular complexity index is 1070. The van der Waals surface area contributed by atoms with E-state index in [0.717, 1.165) is 33.8 Å². The van der Waals surface area contributed by atoms with Crippen LogP contribution in [-0.4, -0.2) is 45.1 Å². The number of H-pyrrole nitrogens is 2. The van der Waals surface area contributed by atoms with Gasteiger partial charge >= 0.3 is 0 Å². The second-order valence-corrected chi connectivity index (χ2v) is 5.79. The van der Waals surface area contributed by atoms with E-state index in [1.807, 2.05) is 30.3 Å². The average molecular weight is 347 g/mol. The van der Waals surface area contributed by atoms with Crippen LogP contribution in [0.5, 0.6) is 0 Å². The van der Waals surface area contributed by atoms with Crippen molar-refractivity contribution in [2.24, 2.45) is 0 Å². The summed E-state index contributed by atoms with van der Waals surface area (Å²) in [5.41, 5.74) is 3.97. The van der Waals surface area contributed by atoms with Crippen LogP contribution in [0.1, 0.15) is 10.4 Å². The first-order valence-corrected chi connectivity index (χ1v) is 8.08. The van der Waals surface area contributed by atoms with Gasteiger partial charge in [0.15, 0.2) is 0 Å². The number of fused-ring (bicyclic) bond motifs is 1. The first-order valence-electron chi connectivity index (χ1n) is 8.08. The van der Waals surface area contributed by atoms with Crippen molar-refractivity contribution in [2.45, 2.75) is 0 Å². The van der Waals surface area contributed by atoms with E-state index in [1.165, 1.54) is 12.2 Å². The van der Waals surface area contributed by atoms with Gasteiger partial charge < -0.3 is 9.97 Å². The molecule has 0 saturated carbocycles. The summed E-state index contributed by atoms with van der Waals surface area (Å²) in [5.74, 6) is 1.27. The molecule has 2 heterocycles. The highest BCUT2D eigenvalue weighted by molar-refractivity contribution is 5.97. The van der Waals surface area contributed by atoms with Crippen LogP contribution in [0.15, 0.2) is 54.9 Å². The fourth-order valence-corrected chi connectivity index (χ4v) is 2.84. The van der Waals surface area contributed by atoms with Crippen molar-refractivity contribution in [3.05, 3.63) is 60.4 Å². The van der Waals surface area contributed by atoms with Gasteiger partial charge in [0.1, 0.15) is 11.6 Å². The molecule has 0 bridgehead atoms.